The van der Waals surface area contributed by atoms with Gasteiger partial charge in [-0.05, 0) is 31.9 Å². The van der Waals surface area contributed by atoms with Gasteiger partial charge in [-0.3, -0.25) is 0 Å². The molecular weight excluding hydrogens is 307 g/mol. The van der Waals surface area contributed by atoms with E-state index in [4.69, 9.17) is 4.74 Å². The molecule has 1 aliphatic heterocycles. The highest BCUT2D eigenvalue weighted by Crippen LogP contribution is 2.24. The molecule has 0 saturated carbocycles. The quantitative estimate of drug-likeness (QED) is 0.913. The number of aromatic nitrogens is 2. The number of nitrogens with zero attached hydrogens (tertiary/aromatic N) is 3. The van der Waals surface area contributed by atoms with Crippen LogP contribution in [0.25, 0.3) is 0 Å². The third kappa shape index (κ3) is 4.00. The highest BCUT2D eigenvalue weighted by atomic mass is 19.1. The van der Waals surface area contributed by atoms with Crippen molar-refractivity contribution in [1.29, 1.82) is 0 Å². The van der Waals surface area contributed by atoms with Gasteiger partial charge >= 0.3 is 0 Å². The Balaban J connectivity index is 1.71. The number of anilines is 2. The first-order valence-electron chi connectivity index (χ1n) is 8.25. The lowest BCUT2D eigenvalue weighted by molar-refractivity contribution is 0.177. The molecule has 128 valence electrons. The number of hydrogen-bond donors (Lipinski definition) is 1. The van der Waals surface area contributed by atoms with Gasteiger partial charge in [-0.2, -0.15) is 0 Å². The average molecular weight is 330 g/mol. The van der Waals surface area contributed by atoms with Crippen molar-refractivity contribution in [3.8, 4) is 0 Å². The zero-order valence-corrected chi connectivity index (χ0v) is 14.1. The van der Waals surface area contributed by atoms with Gasteiger partial charge in [0.25, 0.3) is 0 Å². The first-order valence-corrected chi connectivity index (χ1v) is 8.25. The van der Waals surface area contributed by atoms with E-state index in [9.17, 15) is 4.39 Å². The van der Waals surface area contributed by atoms with Crippen LogP contribution in [0, 0.1) is 12.7 Å². The van der Waals surface area contributed by atoms with E-state index >= 15 is 0 Å². The molecule has 0 radical (unpaired) electrons. The summed E-state index contributed by atoms with van der Waals surface area (Å²) in [7, 11) is 1.63. The van der Waals surface area contributed by atoms with Crippen LogP contribution in [0.2, 0.25) is 0 Å². The number of ether oxygens (including phenoxy) is 1. The van der Waals surface area contributed by atoms with E-state index < -0.39 is 0 Å². The maximum absolute atomic E-state index is 14.0. The number of methoxy groups -OCH3 is 1. The fraction of sp³-hybridized carbons (Fsp3) is 0.444. The lowest BCUT2D eigenvalue weighted by atomic mass is 10.0. The topological polar surface area (TPSA) is 50.3 Å². The highest BCUT2D eigenvalue weighted by Gasteiger charge is 2.22. The van der Waals surface area contributed by atoms with Crippen molar-refractivity contribution in [2.45, 2.75) is 32.4 Å². The van der Waals surface area contributed by atoms with Crippen molar-refractivity contribution in [2.24, 2.45) is 0 Å². The fourth-order valence-corrected chi connectivity index (χ4v) is 3.13. The van der Waals surface area contributed by atoms with Crippen LogP contribution in [-0.2, 0) is 11.3 Å². The largest absolute Gasteiger partial charge is 0.377 e. The number of halogens is 1. The number of para-hydroxylation sites is 1. The first kappa shape index (κ1) is 16.6. The summed E-state index contributed by atoms with van der Waals surface area (Å²) in [5, 5.41) is 3.47. The van der Waals surface area contributed by atoms with Gasteiger partial charge in [0.15, 0.2) is 5.82 Å². The second-order valence-corrected chi connectivity index (χ2v) is 6.12. The Morgan fingerprint density at radius 3 is 2.96 bits per heavy atom. The molecule has 0 amide bonds. The molecule has 1 saturated heterocycles. The Morgan fingerprint density at radius 1 is 1.33 bits per heavy atom. The van der Waals surface area contributed by atoms with Crippen molar-refractivity contribution >= 4 is 11.5 Å². The number of aryl methyl sites for hydroxylation is 1. The van der Waals surface area contributed by atoms with Gasteiger partial charge in [-0.25, -0.2) is 14.4 Å². The molecule has 24 heavy (non-hydrogen) atoms. The Morgan fingerprint density at radius 2 is 2.17 bits per heavy atom. The Labute approximate surface area is 141 Å². The number of rotatable bonds is 5. The van der Waals surface area contributed by atoms with Crippen LogP contribution >= 0.6 is 0 Å². The van der Waals surface area contributed by atoms with Crippen LogP contribution in [0.4, 0.5) is 15.9 Å². The Hall–Kier alpha value is -2.21. The lowest BCUT2D eigenvalue weighted by Crippen LogP contribution is -2.42. The summed E-state index contributed by atoms with van der Waals surface area (Å²) in [6.07, 6.45) is 2.05. The predicted molar refractivity (Wildman–Crippen MR) is 92.7 cm³/mol. The van der Waals surface area contributed by atoms with Gasteiger partial charge in [-0.1, -0.05) is 12.1 Å². The third-order valence-electron chi connectivity index (χ3n) is 4.14. The van der Waals surface area contributed by atoms with E-state index in [1.54, 1.807) is 13.2 Å². The molecule has 1 aliphatic rings. The van der Waals surface area contributed by atoms with Crippen molar-refractivity contribution in [2.75, 3.05) is 30.4 Å². The lowest BCUT2D eigenvalue weighted by Gasteiger charge is -2.35. The number of piperidine rings is 1. The highest BCUT2D eigenvalue weighted by molar-refractivity contribution is 5.49. The molecular formula is C18H23FN4O. The molecule has 0 spiro atoms. The van der Waals surface area contributed by atoms with Crippen LogP contribution in [-0.4, -0.2) is 36.2 Å². The van der Waals surface area contributed by atoms with E-state index in [0.717, 1.165) is 37.4 Å². The van der Waals surface area contributed by atoms with E-state index in [1.165, 1.54) is 6.07 Å². The molecule has 1 fully saturated rings. The van der Waals surface area contributed by atoms with Gasteiger partial charge in [0.2, 0.25) is 0 Å². The zero-order valence-electron chi connectivity index (χ0n) is 14.1. The molecule has 2 aromatic rings. The summed E-state index contributed by atoms with van der Waals surface area (Å²) < 4.78 is 19.1. The van der Waals surface area contributed by atoms with Gasteiger partial charge in [0.05, 0.1) is 5.69 Å². The summed E-state index contributed by atoms with van der Waals surface area (Å²) in [6.45, 7) is 3.96. The van der Waals surface area contributed by atoms with E-state index in [0.29, 0.717) is 18.1 Å². The van der Waals surface area contributed by atoms with Crippen molar-refractivity contribution in [3.63, 3.8) is 0 Å². The Kier molecular flexibility index (Phi) is 5.25. The third-order valence-corrected chi connectivity index (χ3v) is 4.14. The molecule has 2 heterocycles. The summed E-state index contributed by atoms with van der Waals surface area (Å²) >= 11 is 0. The van der Waals surface area contributed by atoms with Crippen LogP contribution < -0.4 is 10.2 Å². The minimum atomic E-state index is -0.168. The van der Waals surface area contributed by atoms with Crippen LogP contribution in [0.5, 0.6) is 0 Å². The SMILES string of the molecule is COCc1nc(C)cc(NC2CCCN(c3ccccc3F)C2)n1. The average Bonchev–Trinajstić information content (AvgIpc) is 2.55. The smallest absolute Gasteiger partial charge is 0.156 e. The maximum Gasteiger partial charge on any atom is 0.156 e. The number of benzene rings is 1. The normalized spacial score (nSPS) is 17.8. The summed E-state index contributed by atoms with van der Waals surface area (Å²) in [5.41, 5.74) is 1.57. The minimum absolute atomic E-state index is 0.168. The van der Waals surface area contributed by atoms with Crippen molar-refractivity contribution in [1.82, 2.24) is 9.97 Å². The van der Waals surface area contributed by atoms with Crippen molar-refractivity contribution in [3.05, 3.63) is 47.7 Å². The molecule has 1 N–H and O–H groups in total. The standard InChI is InChI=1S/C18H23FN4O/c1-13-10-17(22-18(20-13)12-24-2)21-14-6-5-9-23(11-14)16-8-4-3-7-15(16)19/h3-4,7-8,10,14H,5-6,9,11-12H2,1-2H3,(H,20,21,22). The fourth-order valence-electron chi connectivity index (χ4n) is 3.13. The second kappa shape index (κ2) is 7.57. The van der Waals surface area contributed by atoms with Gasteiger partial charge in [0.1, 0.15) is 18.2 Å². The Bertz CT molecular complexity index is 694. The van der Waals surface area contributed by atoms with Gasteiger partial charge in [-0.15, -0.1) is 0 Å². The molecule has 0 bridgehead atoms. The second-order valence-electron chi connectivity index (χ2n) is 6.12. The molecule has 5 nitrogen and oxygen atoms in total. The first-order chi connectivity index (χ1) is 11.7. The zero-order chi connectivity index (χ0) is 16.9. The summed E-state index contributed by atoms with van der Waals surface area (Å²) in [4.78, 5) is 10.9. The molecule has 0 aliphatic carbocycles. The van der Waals surface area contributed by atoms with E-state index in [1.807, 2.05) is 25.1 Å². The molecule has 1 aromatic heterocycles. The molecule has 1 aromatic carbocycles. The van der Waals surface area contributed by atoms with Crippen LogP contribution in [0.15, 0.2) is 30.3 Å². The van der Waals surface area contributed by atoms with Crippen LogP contribution in [0.1, 0.15) is 24.4 Å². The van der Waals surface area contributed by atoms with E-state index in [-0.39, 0.29) is 11.9 Å². The predicted octanol–water partition coefficient (Wildman–Crippen LogP) is 3.15. The van der Waals surface area contributed by atoms with Gasteiger partial charge < -0.3 is 15.0 Å². The maximum atomic E-state index is 14.0. The number of hydrogen-bond acceptors (Lipinski definition) is 5. The summed E-state index contributed by atoms with van der Waals surface area (Å²) in [5.74, 6) is 1.30. The monoisotopic (exact) mass is 330 g/mol. The number of nitrogens with one attached hydrogen (secondary N) is 1. The molecule has 6 heteroatoms. The minimum Gasteiger partial charge on any atom is -0.377 e. The van der Waals surface area contributed by atoms with E-state index in [2.05, 4.69) is 20.2 Å². The van der Waals surface area contributed by atoms with Gasteiger partial charge in [0, 0.05) is 38.0 Å². The molecule has 1 unspecified atom stereocenters. The van der Waals surface area contributed by atoms with Crippen molar-refractivity contribution < 1.29 is 9.13 Å². The molecule has 1 atom stereocenters. The summed E-state index contributed by atoms with van der Waals surface area (Å²) in [6, 6.07) is 9.10. The molecule has 3 rings (SSSR count). The van der Waals surface area contributed by atoms with Crippen LogP contribution in [0.3, 0.4) is 0 Å².